The third-order valence-electron chi connectivity index (χ3n) is 4.55. The van der Waals surface area contributed by atoms with Crippen molar-refractivity contribution in [2.45, 2.75) is 39.5 Å². The van der Waals surface area contributed by atoms with Crippen LogP contribution in [0.3, 0.4) is 0 Å². The van der Waals surface area contributed by atoms with E-state index in [1.807, 2.05) is 13.8 Å². The highest BCUT2D eigenvalue weighted by atomic mass is 32.1. The number of thiol groups is 1. The Morgan fingerprint density at radius 3 is 2.06 bits per heavy atom. The predicted octanol–water partition coefficient (Wildman–Crippen LogP) is 2.12. The first-order chi connectivity index (χ1) is 8.01. The molecule has 2 fully saturated rings. The summed E-state index contributed by atoms with van der Waals surface area (Å²) < 4.78 is 0. The summed E-state index contributed by atoms with van der Waals surface area (Å²) in [6.45, 7) is 4.29. The number of carbonyl (C=O) groups excluding carboxylic acids is 2. The Morgan fingerprint density at radius 2 is 1.65 bits per heavy atom. The molecule has 1 aliphatic heterocycles. The molecule has 0 radical (unpaired) electrons. The van der Waals surface area contributed by atoms with Gasteiger partial charge in [-0.05, 0) is 24.0 Å². The molecule has 3 nitrogen and oxygen atoms in total. The molecule has 17 heavy (non-hydrogen) atoms. The molecule has 0 aromatic heterocycles. The molecule has 2 amide bonds. The van der Waals surface area contributed by atoms with Gasteiger partial charge < -0.3 is 0 Å². The molecule has 4 heteroatoms. The maximum atomic E-state index is 12.1. The number of rotatable bonds is 3. The van der Waals surface area contributed by atoms with Crippen LogP contribution in [0, 0.1) is 17.3 Å². The van der Waals surface area contributed by atoms with E-state index in [9.17, 15) is 9.59 Å². The van der Waals surface area contributed by atoms with Crippen LogP contribution in [-0.4, -0.2) is 29.0 Å². The Bertz CT molecular complexity index is 316. The summed E-state index contributed by atoms with van der Waals surface area (Å²) in [4.78, 5) is 25.6. The van der Waals surface area contributed by atoms with Crippen LogP contribution in [0.5, 0.6) is 0 Å². The summed E-state index contributed by atoms with van der Waals surface area (Å²) in [6, 6.07) is 0. The Labute approximate surface area is 108 Å². The van der Waals surface area contributed by atoms with Crippen LogP contribution >= 0.6 is 12.6 Å². The van der Waals surface area contributed by atoms with Crippen LogP contribution in [0.4, 0.5) is 0 Å². The third-order valence-corrected chi connectivity index (χ3v) is 5.23. The van der Waals surface area contributed by atoms with E-state index in [0.29, 0.717) is 6.54 Å². The molecule has 2 rings (SSSR count). The lowest BCUT2D eigenvalue weighted by molar-refractivity contribution is -0.141. The zero-order valence-electron chi connectivity index (χ0n) is 10.6. The van der Waals surface area contributed by atoms with E-state index in [1.54, 1.807) is 0 Å². The fourth-order valence-electron chi connectivity index (χ4n) is 3.01. The summed E-state index contributed by atoms with van der Waals surface area (Å²) in [5.74, 6) is 0.486. The summed E-state index contributed by atoms with van der Waals surface area (Å²) in [5.41, 5.74) is 0.0816. The van der Waals surface area contributed by atoms with E-state index in [0.717, 1.165) is 18.6 Å². The molecule has 0 aromatic carbocycles. The Morgan fingerprint density at radius 1 is 1.18 bits per heavy atom. The van der Waals surface area contributed by atoms with Gasteiger partial charge in [0.15, 0.2) is 0 Å². The van der Waals surface area contributed by atoms with Crippen molar-refractivity contribution in [2.75, 3.05) is 12.3 Å². The standard InChI is InChI=1S/C13H21NO2S/c1-9-10(2)12(16)14(11(9)15)7-13(8-17)5-3-4-6-13/h9-10,17H,3-8H2,1-2H3. The molecule has 2 aliphatic rings. The second-order valence-electron chi connectivity index (χ2n) is 5.71. The van der Waals surface area contributed by atoms with Crippen LogP contribution in [0.1, 0.15) is 39.5 Å². The highest BCUT2D eigenvalue weighted by molar-refractivity contribution is 7.80. The van der Waals surface area contributed by atoms with E-state index < -0.39 is 0 Å². The van der Waals surface area contributed by atoms with Gasteiger partial charge in [0.1, 0.15) is 0 Å². The minimum Gasteiger partial charge on any atom is -0.282 e. The van der Waals surface area contributed by atoms with Gasteiger partial charge in [0.25, 0.3) is 0 Å². The maximum absolute atomic E-state index is 12.1. The lowest BCUT2D eigenvalue weighted by Crippen LogP contribution is -2.41. The number of nitrogens with zero attached hydrogens (tertiary/aromatic N) is 1. The van der Waals surface area contributed by atoms with Crippen LogP contribution in [0.25, 0.3) is 0 Å². The number of amides is 2. The molecule has 0 N–H and O–H groups in total. The zero-order chi connectivity index (χ0) is 12.6. The van der Waals surface area contributed by atoms with Crippen LogP contribution < -0.4 is 0 Å². The second-order valence-corrected chi connectivity index (χ2v) is 6.02. The molecule has 0 spiro atoms. The van der Waals surface area contributed by atoms with Gasteiger partial charge in [-0.1, -0.05) is 26.7 Å². The highest BCUT2D eigenvalue weighted by Gasteiger charge is 2.46. The van der Waals surface area contributed by atoms with E-state index >= 15 is 0 Å². The smallest absolute Gasteiger partial charge is 0.232 e. The lowest BCUT2D eigenvalue weighted by atomic mass is 9.88. The van der Waals surface area contributed by atoms with Gasteiger partial charge in [0.2, 0.25) is 11.8 Å². The monoisotopic (exact) mass is 255 g/mol. The number of hydrogen-bond donors (Lipinski definition) is 1. The lowest BCUT2D eigenvalue weighted by Gasteiger charge is -2.31. The number of carbonyl (C=O) groups is 2. The molecule has 1 aliphatic carbocycles. The number of likely N-dealkylation sites (tertiary alicyclic amines) is 1. The SMILES string of the molecule is CC1C(=O)N(CC2(CS)CCCC2)C(=O)C1C. The molecule has 1 saturated heterocycles. The van der Waals surface area contributed by atoms with Gasteiger partial charge in [-0.3, -0.25) is 14.5 Å². The normalized spacial score (nSPS) is 32.5. The molecule has 96 valence electrons. The zero-order valence-corrected chi connectivity index (χ0v) is 11.5. The highest BCUT2D eigenvalue weighted by Crippen LogP contribution is 2.41. The van der Waals surface area contributed by atoms with Crippen molar-refractivity contribution < 1.29 is 9.59 Å². The van der Waals surface area contributed by atoms with Crippen molar-refractivity contribution in [1.82, 2.24) is 4.90 Å². The third kappa shape index (κ3) is 2.12. The molecule has 2 atom stereocenters. The molecule has 1 saturated carbocycles. The van der Waals surface area contributed by atoms with E-state index in [4.69, 9.17) is 0 Å². The number of hydrogen-bond acceptors (Lipinski definition) is 3. The van der Waals surface area contributed by atoms with Crippen molar-refractivity contribution in [3.63, 3.8) is 0 Å². The minimum absolute atomic E-state index is 0.00978. The van der Waals surface area contributed by atoms with E-state index in [1.165, 1.54) is 17.7 Å². The first kappa shape index (κ1) is 12.9. The average molecular weight is 255 g/mol. The summed E-state index contributed by atoms with van der Waals surface area (Å²) in [5, 5.41) is 0. The first-order valence-corrected chi connectivity index (χ1v) is 7.10. The van der Waals surface area contributed by atoms with E-state index in [-0.39, 0.29) is 29.1 Å². The van der Waals surface area contributed by atoms with Gasteiger partial charge in [-0.15, -0.1) is 0 Å². The fourth-order valence-corrected chi connectivity index (χ4v) is 3.43. The number of imide groups is 1. The topological polar surface area (TPSA) is 37.4 Å². The molecular formula is C13H21NO2S. The molecule has 2 unspecified atom stereocenters. The summed E-state index contributed by atoms with van der Waals surface area (Å²) in [7, 11) is 0. The Balaban J connectivity index is 2.13. The van der Waals surface area contributed by atoms with Crippen molar-refractivity contribution >= 4 is 24.4 Å². The van der Waals surface area contributed by atoms with Crippen LogP contribution in [0.15, 0.2) is 0 Å². The molecule has 1 heterocycles. The Hall–Kier alpha value is -0.510. The molecular weight excluding hydrogens is 234 g/mol. The largest absolute Gasteiger partial charge is 0.282 e. The maximum Gasteiger partial charge on any atom is 0.232 e. The second kappa shape index (κ2) is 4.63. The van der Waals surface area contributed by atoms with Gasteiger partial charge >= 0.3 is 0 Å². The molecule has 0 bridgehead atoms. The van der Waals surface area contributed by atoms with Crippen molar-refractivity contribution in [3.05, 3.63) is 0 Å². The fraction of sp³-hybridized carbons (Fsp3) is 0.846. The van der Waals surface area contributed by atoms with Crippen LogP contribution in [0.2, 0.25) is 0 Å². The van der Waals surface area contributed by atoms with E-state index in [2.05, 4.69) is 12.6 Å². The van der Waals surface area contributed by atoms with Gasteiger partial charge in [0.05, 0.1) is 0 Å². The molecule has 0 aromatic rings. The Kier molecular flexibility index (Phi) is 3.53. The van der Waals surface area contributed by atoms with Gasteiger partial charge in [-0.2, -0.15) is 12.6 Å². The minimum atomic E-state index is -0.152. The van der Waals surface area contributed by atoms with Crippen LogP contribution in [-0.2, 0) is 9.59 Å². The first-order valence-electron chi connectivity index (χ1n) is 6.47. The van der Waals surface area contributed by atoms with Crippen molar-refractivity contribution in [1.29, 1.82) is 0 Å². The summed E-state index contributed by atoms with van der Waals surface area (Å²) in [6.07, 6.45) is 4.58. The van der Waals surface area contributed by atoms with Gasteiger partial charge in [-0.25, -0.2) is 0 Å². The van der Waals surface area contributed by atoms with Gasteiger partial charge in [0, 0.05) is 18.4 Å². The quantitative estimate of drug-likeness (QED) is 0.619. The average Bonchev–Trinajstić information content (AvgIpc) is 2.87. The predicted molar refractivity (Wildman–Crippen MR) is 69.8 cm³/mol. The van der Waals surface area contributed by atoms with Crippen molar-refractivity contribution in [2.24, 2.45) is 17.3 Å². The van der Waals surface area contributed by atoms with Crippen molar-refractivity contribution in [3.8, 4) is 0 Å². The summed E-state index contributed by atoms with van der Waals surface area (Å²) >= 11 is 4.43.